The first-order valence-electron chi connectivity index (χ1n) is 9.19. The molecule has 0 saturated carbocycles. The molecule has 0 radical (unpaired) electrons. The van der Waals surface area contributed by atoms with Gasteiger partial charge in [-0.25, -0.2) is 0 Å². The van der Waals surface area contributed by atoms with Crippen molar-refractivity contribution in [2.24, 2.45) is 5.41 Å². The van der Waals surface area contributed by atoms with E-state index in [1.807, 2.05) is 18.2 Å². The van der Waals surface area contributed by atoms with Gasteiger partial charge in [-0.05, 0) is 44.0 Å². The standard InChI is InChI=1S/C19H24N4O3/c1-22-16-13(5-6-15(24)21-17(25)18(22)26)3-2-4-14(16)23-11-19(12-23)7-9-20-10-8-19/h2-4,20H,5-12H2,1H3,(H,21,24,25). The lowest BCUT2D eigenvalue weighted by Gasteiger charge is -2.54. The number of carbonyl (C=O) groups excluding carboxylic acids is 3. The largest absolute Gasteiger partial charge is 0.369 e. The minimum absolute atomic E-state index is 0.193. The van der Waals surface area contributed by atoms with Crippen molar-refractivity contribution >= 4 is 29.1 Å². The van der Waals surface area contributed by atoms with Gasteiger partial charge < -0.3 is 15.1 Å². The van der Waals surface area contributed by atoms with Crippen LogP contribution in [-0.2, 0) is 20.8 Å². The van der Waals surface area contributed by atoms with Crippen LogP contribution in [0.4, 0.5) is 11.4 Å². The molecule has 7 nitrogen and oxygen atoms in total. The van der Waals surface area contributed by atoms with Crippen molar-refractivity contribution in [2.75, 3.05) is 43.0 Å². The summed E-state index contributed by atoms with van der Waals surface area (Å²) in [7, 11) is 1.61. The Labute approximate surface area is 152 Å². The zero-order valence-electron chi connectivity index (χ0n) is 15.0. The molecule has 2 N–H and O–H groups in total. The number of anilines is 2. The van der Waals surface area contributed by atoms with Gasteiger partial charge in [0.25, 0.3) is 0 Å². The minimum atomic E-state index is -0.862. The topological polar surface area (TPSA) is 81.8 Å². The van der Waals surface area contributed by atoms with E-state index in [2.05, 4.69) is 15.5 Å². The maximum absolute atomic E-state index is 12.5. The number of rotatable bonds is 1. The molecule has 0 bridgehead atoms. The third kappa shape index (κ3) is 2.86. The van der Waals surface area contributed by atoms with Crippen molar-refractivity contribution in [3.05, 3.63) is 23.8 Å². The second-order valence-electron chi connectivity index (χ2n) is 7.63. The summed E-state index contributed by atoms with van der Waals surface area (Å²) in [6.07, 6.45) is 3.04. The van der Waals surface area contributed by atoms with Crippen molar-refractivity contribution < 1.29 is 14.4 Å². The smallest absolute Gasteiger partial charge is 0.316 e. The van der Waals surface area contributed by atoms with Gasteiger partial charge in [0.1, 0.15) is 0 Å². The molecular formula is C19H24N4O3. The van der Waals surface area contributed by atoms with Crippen LogP contribution in [0.1, 0.15) is 24.8 Å². The van der Waals surface area contributed by atoms with Crippen molar-refractivity contribution in [3.8, 4) is 0 Å². The van der Waals surface area contributed by atoms with Gasteiger partial charge in [-0.15, -0.1) is 0 Å². The highest BCUT2D eigenvalue weighted by atomic mass is 16.2. The Kier molecular flexibility index (Phi) is 4.19. The molecule has 0 aromatic heterocycles. The molecule has 7 heteroatoms. The molecule has 138 valence electrons. The number of piperidine rings is 1. The Morgan fingerprint density at radius 1 is 1.04 bits per heavy atom. The Morgan fingerprint density at radius 2 is 1.77 bits per heavy atom. The summed E-state index contributed by atoms with van der Waals surface area (Å²) in [4.78, 5) is 40.0. The van der Waals surface area contributed by atoms with E-state index in [9.17, 15) is 14.4 Å². The second-order valence-corrected chi connectivity index (χ2v) is 7.63. The monoisotopic (exact) mass is 356 g/mol. The first-order valence-corrected chi connectivity index (χ1v) is 9.19. The molecule has 2 saturated heterocycles. The molecule has 26 heavy (non-hydrogen) atoms. The molecule has 0 aliphatic carbocycles. The van der Waals surface area contributed by atoms with Gasteiger partial charge in [-0.1, -0.05) is 12.1 Å². The maximum atomic E-state index is 12.5. The lowest BCUT2D eigenvalue weighted by atomic mass is 9.72. The average molecular weight is 356 g/mol. The number of likely N-dealkylation sites (N-methyl/N-ethyl adjacent to an activating group) is 1. The van der Waals surface area contributed by atoms with E-state index in [1.165, 1.54) is 17.7 Å². The predicted octanol–water partition coefficient (Wildman–Crippen LogP) is 0.428. The highest BCUT2D eigenvalue weighted by Gasteiger charge is 2.44. The number of hydrogen-bond acceptors (Lipinski definition) is 5. The number of hydrogen-bond donors (Lipinski definition) is 2. The van der Waals surface area contributed by atoms with Crippen LogP contribution in [0.5, 0.6) is 0 Å². The summed E-state index contributed by atoms with van der Waals surface area (Å²) in [5, 5.41) is 5.58. The fourth-order valence-corrected chi connectivity index (χ4v) is 4.37. The highest BCUT2D eigenvalue weighted by Crippen LogP contribution is 2.45. The molecule has 3 aliphatic heterocycles. The van der Waals surface area contributed by atoms with Gasteiger partial charge in [0.15, 0.2) is 0 Å². The van der Waals surface area contributed by atoms with Gasteiger partial charge >= 0.3 is 11.8 Å². The Hall–Kier alpha value is -2.41. The Balaban J connectivity index is 1.67. The van der Waals surface area contributed by atoms with E-state index in [-0.39, 0.29) is 6.42 Å². The van der Waals surface area contributed by atoms with Crippen molar-refractivity contribution in [3.63, 3.8) is 0 Å². The Morgan fingerprint density at radius 3 is 2.50 bits per heavy atom. The number of imide groups is 1. The van der Waals surface area contributed by atoms with Crippen molar-refractivity contribution in [1.29, 1.82) is 0 Å². The quantitative estimate of drug-likeness (QED) is 0.563. The van der Waals surface area contributed by atoms with E-state index >= 15 is 0 Å². The van der Waals surface area contributed by atoms with E-state index in [0.29, 0.717) is 11.8 Å². The van der Waals surface area contributed by atoms with Gasteiger partial charge in [0, 0.05) is 32.0 Å². The number of benzene rings is 1. The van der Waals surface area contributed by atoms with Crippen LogP contribution in [0.3, 0.4) is 0 Å². The van der Waals surface area contributed by atoms with E-state index < -0.39 is 17.7 Å². The normalized spacial score (nSPS) is 22.9. The number of aryl methyl sites for hydroxylation is 1. The summed E-state index contributed by atoms with van der Waals surface area (Å²) >= 11 is 0. The lowest BCUT2D eigenvalue weighted by molar-refractivity contribution is -0.140. The number of para-hydroxylation sites is 1. The summed E-state index contributed by atoms with van der Waals surface area (Å²) in [6.45, 7) is 4.05. The number of amides is 3. The minimum Gasteiger partial charge on any atom is -0.369 e. The third-order valence-corrected chi connectivity index (χ3v) is 5.86. The maximum Gasteiger partial charge on any atom is 0.316 e. The van der Waals surface area contributed by atoms with Crippen LogP contribution in [0, 0.1) is 5.41 Å². The molecule has 1 aromatic rings. The first kappa shape index (κ1) is 17.0. The lowest BCUT2D eigenvalue weighted by Crippen LogP contribution is -2.60. The summed E-state index contributed by atoms with van der Waals surface area (Å²) < 4.78 is 0. The van der Waals surface area contributed by atoms with Crippen LogP contribution < -0.4 is 20.4 Å². The zero-order valence-corrected chi connectivity index (χ0v) is 15.0. The van der Waals surface area contributed by atoms with Crippen LogP contribution in [0.15, 0.2) is 18.2 Å². The molecule has 4 rings (SSSR count). The van der Waals surface area contributed by atoms with Gasteiger partial charge in [-0.3, -0.25) is 19.7 Å². The molecule has 1 aromatic carbocycles. The predicted molar refractivity (Wildman–Crippen MR) is 98.1 cm³/mol. The summed E-state index contributed by atoms with van der Waals surface area (Å²) in [6, 6.07) is 5.91. The fourth-order valence-electron chi connectivity index (χ4n) is 4.37. The van der Waals surface area contributed by atoms with Crippen molar-refractivity contribution in [2.45, 2.75) is 25.7 Å². The van der Waals surface area contributed by atoms with Crippen LogP contribution in [0.2, 0.25) is 0 Å². The Bertz CT molecular complexity index is 762. The number of fused-ring (bicyclic) bond motifs is 1. The van der Waals surface area contributed by atoms with E-state index in [4.69, 9.17) is 0 Å². The summed E-state index contributed by atoms with van der Waals surface area (Å²) in [5.41, 5.74) is 3.02. The van der Waals surface area contributed by atoms with E-state index in [0.717, 1.165) is 43.1 Å². The molecule has 0 atom stereocenters. The molecule has 3 aliphatic rings. The van der Waals surface area contributed by atoms with Crippen LogP contribution in [0.25, 0.3) is 0 Å². The molecule has 3 amide bonds. The van der Waals surface area contributed by atoms with Gasteiger partial charge in [0.2, 0.25) is 5.91 Å². The van der Waals surface area contributed by atoms with Crippen molar-refractivity contribution in [1.82, 2.24) is 10.6 Å². The molecular weight excluding hydrogens is 332 g/mol. The van der Waals surface area contributed by atoms with Gasteiger partial charge in [-0.2, -0.15) is 0 Å². The molecule has 0 unspecified atom stereocenters. The zero-order chi connectivity index (χ0) is 18.3. The average Bonchev–Trinajstić information content (AvgIpc) is 2.66. The van der Waals surface area contributed by atoms with Crippen LogP contribution >= 0.6 is 0 Å². The highest BCUT2D eigenvalue weighted by molar-refractivity contribution is 6.42. The number of nitrogens with one attached hydrogen (secondary N) is 2. The molecule has 1 spiro atoms. The van der Waals surface area contributed by atoms with Gasteiger partial charge in [0.05, 0.1) is 11.4 Å². The SMILES string of the molecule is CN1C(=O)C(=O)NC(=O)CCc2cccc(N3CC4(CCNCC4)C3)c21. The third-order valence-electron chi connectivity index (χ3n) is 5.86. The molecule has 3 heterocycles. The number of nitrogens with zero attached hydrogens (tertiary/aromatic N) is 2. The fraction of sp³-hybridized carbons (Fsp3) is 0.526. The van der Waals surface area contributed by atoms with Crippen LogP contribution in [-0.4, -0.2) is 50.9 Å². The second kappa shape index (κ2) is 6.39. The number of carbonyl (C=O) groups is 3. The molecule has 2 fully saturated rings. The van der Waals surface area contributed by atoms with E-state index in [1.54, 1.807) is 7.05 Å². The summed E-state index contributed by atoms with van der Waals surface area (Å²) in [5.74, 6) is -1.97. The first-order chi connectivity index (χ1) is 12.5.